The zero-order valence-corrected chi connectivity index (χ0v) is 11.6. The Morgan fingerprint density at radius 1 is 1.12 bits per heavy atom. The van der Waals surface area contributed by atoms with Crippen LogP contribution in [0.15, 0.2) is 0 Å². The van der Waals surface area contributed by atoms with E-state index in [2.05, 4.69) is 19.2 Å². The lowest BCUT2D eigenvalue weighted by molar-refractivity contribution is 0.0688. The van der Waals surface area contributed by atoms with Gasteiger partial charge in [0.05, 0.1) is 0 Å². The summed E-state index contributed by atoms with van der Waals surface area (Å²) in [5.41, 5.74) is 6.48. The molecule has 0 amide bonds. The molecule has 0 spiro atoms. The van der Waals surface area contributed by atoms with Crippen molar-refractivity contribution in [3.8, 4) is 0 Å². The maximum absolute atomic E-state index is 8.75. The Kier molecular flexibility index (Phi) is 5.90. The fraction of sp³-hybridized carbons (Fsp3) is 1.00. The number of nitrogens with one attached hydrogen (secondary N) is 1. The summed E-state index contributed by atoms with van der Waals surface area (Å²) in [6.07, 6.45) is 8.26. The number of hydrogen-bond acceptors (Lipinski definition) is 3. The number of aliphatic hydroxyl groups is 1. The lowest BCUT2D eigenvalue weighted by Crippen LogP contribution is -2.62. The summed E-state index contributed by atoms with van der Waals surface area (Å²) in [5, 5.41) is 12.5. The summed E-state index contributed by atoms with van der Waals surface area (Å²) in [6, 6.07) is 0. The minimum Gasteiger partial charge on any atom is -0.396 e. The summed E-state index contributed by atoms with van der Waals surface area (Å²) >= 11 is 0. The first-order valence-corrected chi connectivity index (χ1v) is 7.14. The van der Waals surface area contributed by atoms with Gasteiger partial charge in [-0.2, -0.15) is 0 Å². The van der Waals surface area contributed by atoms with Crippen LogP contribution in [0.25, 0.3) is 0 Å². The molecule has 4 N–H and O–H groups in total. The van der Waals surface area contributed by atoms with Crippen LogP contribution in [-0.2, 0) is 0 Å². The van der Waals surface area contributed by atoms with Crippen LogP contribution in [0.2, 0.25) is 0 Å². The molecule has 1 unspecified atom stereocenters. The fourth-order valence-electron chi connectivity index (χ4n) is 3.09. The second-order valence-corrected chi connectivity index (χ2v) is 6.09. The van der Waals surface area contributed by atoms with Gasteiger partial charge in [0, 0.05) is 18.7 Å². The standard InChI is InChI=1S/C14H30N2O/c1-13(2)8-4-5-9-14(13,12-15)16-10-6-3-7-11-17/h16-17H,3-12,15H2,1-2H3. The lowest BCUT2D eigenvalue weighted by atomic mass is 9.63. The van der Waals surface area contributed by atoms with Gasteiger partial charge < -0.3 is 16.2 Å². The molecule has 1 fully saturated rings. The molecule has 1 aliphatic rings. The maximum atomic E-state index is 8.75. The van der Waals surface area contributed by atoms with Crippen LogP contribution in [0.1, 0.15) is 58.8 Å². The van der Waals surface area contributed by atoms with Crippen LogP contribution in [0, 0.1) is 5.41 Å². The van der Waals surface area contributed by atoms with Gasteiger partial charge in [0.15, 0.2) is 0 Å². The van der Waals surface area contributed by atoms with Gasteiger partial charge >= 0.3 is 0 Å². The van der Waals surface area contributed by atoms with Gasteiger partial charge in [-0.05, 0) is 44.1 Å². The molecular formula is C14H30N2O. The third-order valence-corrected chi connectivity index (χ3v) is 4.60. The van der Waals surface area contributed by atoms with E-state index >= 15 is 0 Å². The van der Waals surface area contributed by atoms with E-state index in [1.807, 2.05) is 0 Å². The molecule has 0 aliphatic heterocycles. The van der Waals surface area contributed by atoms with Crippen LogP contribution in [0.3, 0.4) is 0 Å². The molecule has 1 rings (SSSR count). The second-order valence-electron chi connectivity index (χ2n) is 6.09. The highest BCUT2D eigenvalue weighted by Gasteiger charge is 2.44. The molecule has 17 heavy (non-hydrogen) atoms. The topological polar surface area (TPSA) is 58.3 Å². The van der Waals surface area contributed by atoms with Gasteiger partial charge in [-0.15, -0.1) is 0 Å². The van der Waals surface area contributed by atoms with E-state index in [-0.39, 0.29) is 5.54 Å². The predicted molar refractivity (Wildman–Crippen MR) is 73.0 cm³/mol. The Balaban J connectivity index is 2.44. The third kappa shape index (κ3) is 3.67. The molecule has 0 heterocycles. The number of nitrogens with two attached hydrogens (primary N) is 1. The second kappa shape index (κ2) is 6.72. The summed E-state index contributed by atoms with van der Waals surface area (Å²) in [4.78, 5) is 0. The van der Waals surface area contributed by atoms with Crippen molar-refractivity contribution in [1.82, 2.24) is 5.32 Å². The zero-order chi connectivity index (χ0) is 12.8. The van der Waals surface area contributed by atoms with Crippen molar-refractivity contribution < 1.29 is 5.11 Å². The molecule has 0 aromatic rings. The minimum absolute atomic E-state index is 0.129. The quantitative estimate of drug-likeness (QED) is 0.599. The first-order valence-electron chi connectivity index (χ1n) is 7.14. The highest BCUT2D eigenvalue weighted by Crippen LogP contribution is 2.43. The van der Waals surface area contributed by atoms with Gasteiger partial charge in [0.25, 0.3) is 0 Å². The monoisotopic (exact) mass is 242 g/mol. The number of hydrogen-bond donors (Lipinski definition) is 3. The fourth-order valence-corrected chi connectivity index (χ4v) is 3.09. The van der Waals surface area contributed by atoms with Crippen LogP contribution >= 0.6 is 0 Å². The van der Waals surface area contributed by atoms with Crippen molar-refractivity contribution >= 4 is 0 Å². The Labute approximate surface area is 106 Å². The Morgan fingerprint density at radius 2 is 1.82 bits per heavy atom. The maximum Gasteiger partial charge on any atom is 0.0431 e. The average Bonchev–Trinajstić information content (AvgIpc) is 2.31. The molecule has 3 heteroatoms. The molecule has 3 nitrogen and oxygen atoms in total. The number of unbranched alkanes of at least 4 members (excludes halogenated alkanes) is 2. The Morgan fingerprint density at radius 3 is 2.41 bits per heavy atom. The SMILES string of the molecule is CC1(C)CCCCC1(CN)NCCCCCO. The van der Waals surface area contributed by atoms with Gasteiger partial charge in [0.1, 0.15) is 0 Å². The van der Waals surface area contributed by atoms with Crippen molar-refractivity contribution in [2.45, 2.75) is 64.3 Å². The number of rotatable bonds is 7. The van der Waals surface area contributed by atoms with Crippen molar-refractivity contribution in [1.29, 1.82) is 0 Å². The van der Waals surface area contributed by atoms with E-state index in [1.54, 1.807) is 0 Å². The van der Waals surface area contributed by atoms with Crippen molar-refractivity contribution in [2.75, 3.05) is 19.7 Å². The molecule has 1 aliphatic carbocycles. The first kappa shape index (κ1) is 14.9. The molecule has 0 bridgehead atoms. The van der Waals surface area contributed by atoms with Crippen LogP contribution in [0.4, 0.5) is 0 Å². The van der Waals surface area contributed by atoms with E-state index in [0.717, 1.165) is 32.4 Å². The molecule has 102 valence electrons. The predicted octanol–water partition coefficient (Wildman–Crippen LogP) is 2.04. The molecule has 0 aromatic carbocycles. The summed E-state index contributed by atoms with van der Waals surface area (Å²) in [6.45, 7) is 6.77. The molecule has 0 saturated heterocycles. The van der Waals surface area contributed by atoms with E-state index in [9.17, 15) is 0 Å². The molecule has 0 aromatic heterocycles. The van der Waals surface area contributed by atoms with E-state index < -0.39 is 0 Å². The molecule has 1 saturated carbocycles. The van der Waals surface area contributed by atoms with E-state index in [0.29, 0.717) is 12.0 Å². The largest absolute Gasteiger partial charge is 0.396 e. The minimum atomic E-state index is 0.129. The normalized spacial score (nSPS) is 28.2. The highest BCUT2D eigenvalue weighted by atomic mass is 16.2. The Bertz CT molecular complexity index is 218. The van der Waals surface area contributed by atoms with Crippen molar-refractivity contribution in [3.05, 3.63) is 0 Å². The molecule has 1 atom stereocenters. The Hall–Kier alpha value is -0.120. The van der Waals surface area contributed by atoms with Gasteiger partial charge in [-0.3, -0.25) is 0 Å². The van der Waals surface area contributed by atoms with Crippen molar-refractivity contribution in [3.63, 3.8) is 0 Å². The van der Waals surface area contributed by atoms with Gasteiger partial charge in [-0.1, -0.05) is 26.7 Å². The van der Waals surface area contributed by atoms with Crippen molar-refractivity contribution in [2.24, 2.45) is 11.1 Å². The van der Waals surface area contributed by atoms with E-state index in [1.165, 1.54) is 25.7 Å². The number of aliphatic hydroxyl groups excluding tert-OH is 1. The third-order valence-electron chi connectivity index (χ3n) is 4.60. The van der Waals surface area contributed by atoms with Gasteiger partial charge in [-0.25, -0.2) is 0 Å². The average molecular weight is 242 g/mol. The van der Waals surface area contributed by atoms with Crippen LogP contribution in [0.5, 0.6) is 0 Å². The molecular weight excluding hydrogens is 212 g/mol. The summed E-state index contributed by atoms with van der Waals surface area (Å²) in [5.74, 6) is 0. The lowest BCUT2D eigenvalue weighted by Gasteiger charge is -2.50. The van der Waals surface area contributed by atoms with Gasteiger partial charge in [0.2, 0.25) is 0 Å². The molecule has 0 radical (unpaired) electrons. The first-order chi connectivity index (χ1) is 8.08. The summed E-state index contributed by atoms with van der Waals surface area (Å²) < 4.78 is 0. The van der Waals surface area contributed by atoms with Crippen LogP contribution in [-0.4, -0.2) is 30.3 Å². The van der Waals surface area contributed by atoms with E-state index in [4.69, 9.17) is 10.8 Å². The highest BCUT2D eigenvalue weighted by molar-refractivity contribution is 5.03. The smallest absolute Gasteiger partial charge is 0.0431 e. The van der Waals surface area contributed by atoms with Crippen LogP contribution < -0.4 is 11.1 Å². The zero-order valence-electron chi connectivity index (χ0n) is 11.6. The summed E-state index contributed by atoms with van der Waals surface area (Å²) in [7, 11) is 0.